The van der Waals surface area contributed by atoms with Crippen LogP contribution in [0.2, 0.25) is 0 Å². The standard InChI is InChI=1S/C20H19F2N5O/c1-2-3-12-6-15(21)19(16(22)7-12)17-8-14-18(10-23-17)25-26-20(14)13-9-24-27(11-13)4-5-28/h6-11,28H,2-5H2,1H3,(H,25,26). The molecule has 4 rings (SSSR count). The number of aromatic nitrogens is 5. The maximum atomic E-state index is 14.6. The molecule has 0 aliphatic rings. The number of aryl methyl sites for hydroxylation is 1. The van der Waals surface area contributed by atoms with Gasteiger partial charge in [0.1, 0.15) is 17.3 Å². The highest BCUT2D eigenvalue weighted by molar-refractivity contribution is 5.94. The minimum Gasteiger partial charge on any atom is -0.394 e. The number of aliphatic hydroxyl groups is 1. The fourth-order valence-corrected chi connectivity index (χ4v) is 3.29. The number of benzene rings is 1. The summed E-state index contributed by atoms with van der Waals surface area (Å²) in [6.07, 6.45) is 6.33. The molecule has 8 heteroatoms. The Balaban J connectivity index is 1.80. The molecule has 4 aromatic rings. The number of halogens is 2. The Morgan fingerprint density at radius 1 is 1.14 bits per heavy atom. The van der Waals surface area contributed by atoms with Crippen LogP contribution in [0.1, 0.15) is 18.9 Å². The molecular weight excluding hydrogens is 364 g/mol. The SMILES string of the molecule is CCCc1cc(F)c(-c2cc3c(-c4cnn(CCO)c4)n[nH]c3cn2)c(F)c1. The van der Waals surface area contributed by atoms with Gasteiger partial charge in [-0.1, -0.05) is 13.3 Å². The summed E-state index contributed by atoms with van der Waals surface area (Å²) in [6.45, 7) is 2.31. The molecule has 1 aromatic carbocycles. The van der Waals surface area contributed by atoms with Crippen molar-refractivity contribution in [1.29, 1.82) is 0 Å². The van der Waals surface area contributed by atoms with Crippen LogP contribution in [-0.2, 0) is 13.0 Å². The first-order valence-corrected chi connectivity index (χ1v) is 9.06. The highest BCUT2D eigenvalue weighted by Crippen LogP contribution is 2.31. The monoisotopic (exact) mass is 383 g/mol. The average molecular weight is 383 g/mol. The molecule has 0 unspecified atom stereocenters. The van der Waals surface area contributed by atoms with Gasteiger partial charge in [0, 0.05) is 17.1 Å². The van der Waals surface area contributed by atoms with Gasteiger partial charge in [-0.05, 0) is 30.2 Å². The zero-order valence-corrected chi connectivity index (χ0v) is 15.3. The first-order valence-electron chi connectivity index (χ1n) is 9.06. The molecule has 0 saturated carbocycles. The maximum absolute atomic E-state index is 14.6. The van der Waals surface area contributed by atoms with Gasteiger partial charge in [0.2, 0.25) is 0 Å². The van der Waals surface area contributed by atoms with Gasteiger partial charge in [-0.25, -0.2) is 8.78 Å². The quantitative estimate of drug-likeness (QED) is 0.532. The summed E-state index contributed by atoms with van der Waals surface area (Å²) in [6, 6.07) is 4.35. The van der Waals surface area contributed by atoms with E-state index in [1.807, 2.05) is 6.92 Å². The van der Waals surface area contributed by atoms with Crippen LogP contribution in [-0.4, -0.2) is 36.7 Å². The molecule has 2 N–H and O–H groups in total. The van der Waals surface area contributed by atoms with Gasteiger partial charge in [-0.2, -0.15) is 10.2 Å². The Bertz CT molecular complexity index is 1110. The van der Waals surface area contributed by atoms with E-state index in [-0.39, 0.29) is 17.9 Å². The van der Waals surface area contributed by atoms with Crippen molar-refractivity contribution in [3.05, 3.63) is 54.0 Å². The average Bonchev–Trinajstić information content (AvgIpc) is 3.28. The molecule has 0 radical (unpaired) electrons. The third-order valence-corrected chi connectivity index (χ3v) is 4.58. The second-order valence-electron chi connectivity index (χ2n) is 6.59. The van der Waals surface area contributed by atoms with Crippen molar-refractivity contribution in [3.8, 4) is 22.5 Å². The minimum atomic E-state index is -0.629. The second kappa shape index (κ2) is 7.47. The number of hydrogen-bond donors (Lipinski definition) is 2. The molecule has 144 valence electrons. The van der Waals surface area contributed by atoms with Gasteiger partial charge >= 0.3 is 0 Å². The van der Waals surface area contributed by atoms with Crippen LogP contribution in [0.5, 0.6) is 0 Å². The highest BCUT2D eigenvalue weighted by Gasteiger charge is 2.17. The second-order valence-corrected chi connectivity index (χ2v) is 6.59. The van der Waals surface area contributed by atoms with E-state index in [1.54, 1.807) is 23.1 Å². The van der Waals surface area contributed by atoms with Crippen molar-refractivity contribution in [1.82, 2.24) is 25.0 Å². The van der Waals surface area contributed by atoms with Gasteiger partial charge < -0.3 is 5.11 Å². The lowest BCUT2D eigenvalue weighted by atomic mass is 10.0. The first-order chi connectivity index (χ1) is 13.6. The normalized spacial score (nSPS) is 11.4. The molecule has 28 heavy (non-hydrogen) atoms. The molecular formula is C20H19F2N5O. The van der Waals surface area contributed by atoms with E-state index < -0.39 is 11.6 Å². The molecule has 0 fully saturated rings. The fraction of sp³-hybridized carbons (Fsp3) is 0.250. The third kappa shape index (κ3) is 3.27. The van der Waals surface area contributed by atoms with Crippen LogP contribution >= 0.6 is 0 Å². The number of nitrogens with zero attached hydrogens (tertiary/aromatic N) is 4. The topological polar surface area (TPSA) is 79.6 Å². The smallest absolute Gasteiger partial charge is 0.135 e. The lowest BCUT2D eigenvalue weighted by molar-refractivity contribution is 0.269. The van der Waals surface area contributed by atoms with Crippen molar-refractivity contribution in [2.24, 2.45) is 0 Å². The fourth-order valence-electron chi connectivity index (χ4n) is 3.29. The molecule has 0 spiro atoms. The van der Waals surface area contributed by atoms with E-state index in [0.717, 1.165) is 12.0 Å². The summed E-state index contributed by atoms with van der Waals surface area (Å²) in [4.78, 5) is 4.21. The Hall–Kier alpha value is -3.13. The number of hydrogen-bond acceptors (Lipinski definition) is 4. The maximum Gasteiger partial charge on any atom is 0.135 e. The number of H-pyrrole nitrogens is 1. The van der Waals surface area contributed by atoms with Gasteiger partial charge in [0.15, 0.2) is 0 Å². The summed E-state index contributed by atoms with van der Waals surface area (Å²) in [5.74, 6) is -1.26. The molecule has 0 aliphatic heterocycles. The lowest BCUT2D eigenvalue weighted by Gasteiger charge is -2.08. The van der Waals surface area contributed by atoms with E-state index >= 15 is 0 Å². The lowest BCUT2D eigenvalue weighted by Crippen LogP contribution is -2.01. The van der Waals surface area contributed by atoms with Crippen LogP contribution in [0.15, 0.2) is 36.8 Å². The van der Waals surface area contributed by atoms with Crippen molar-refractivity contribution < 1.29 is 13.9 Å². The Labute approximate surface area is 159 Å². The van der Waals surface area contributed by atoms with Gasteiger partial charge in [0.25, 0.3) is 0 Å². The van der Waals surface area contributed by atoms with Crippen LogP contribution in [0, 0.1) is 11.6 Å². The number of nitrogens with one attached hydrogen (secondary N) is 1. The molecule has 3 aromatic heterocycles. The van der Waals surface area contributed by atoms with Crippen LogP contribution < -0.4 is 0 Å². The van der Waals surface area contributed by atoms with Gasteiger partial charge in [-0.15, -0.1) is 0 Å². The summed E-state index contributed by atoms with van der Waals surface area (Å²) in [5, 5.41) is 21.1. The molecule has 0 saturated heterocycles. The largest absolute Gasteiger partial charge is 0.394 e. The molecule has 3 heterocycles. The summed E-state index contributed by atoms with van der Waals surface area (Å²) >= 11 is 0. The molecule has 0 amide bonds. The van der Waals surface area contributed by atoms with Crippen LogP contribution in [0.4, 0.5) is 8.78 Å². The number of aromatic amines is 1. The first kappa shape index (κ1) is 18.2. The molecule has 6 nitrogen and oxygen atoms in total. The summed E-state index contributed by atoms with van der Waals surface area (Å²) in [5.41, 5.74) is 2.67. The van der Waals surface area contributed by atoms with E-state index in [4.69, 9.17) is 5.11 Å². The number of aliphatic hydroxyl groups excluding tert-OH is 1. The Morgan fingerprint density at radius 2 is 1.93 bits per heavy atom. The zero-order valence-electron chi connectivity index (χ0n) is 15.3. The van der Waals surface area contributed by atoms with Crippen LogP contribution in [0.25, 0.3) is 33.4 Å². The van der Waals surface area contributed by atoms with E-state index in [2.05, 4.69) is 20.3 Å². The minimum absolute atomic E-state index is 0.0247. The zero-order chi connectivity index (χ0) is 19.7. The Morgan fingerprint density at radius 3 is 2.64 bits per heavy atom. The predicted molar refractivity (Wildman–Crippen MR) is 102 cm³/mol. The van der Waals surface area contributed by atoms with E-state index in [0.29, 0.717) is 35.1 Å². The van der Waals surface area contributed by atoms with Crippen LogP contribution in [0.3, 0.4) is 0 Å². The third-order valence-electron chi connectivity index (χ3n) is 4.58. The predicted octanol–water partition coefficient (Wildman–Crippen LogP) is 3.71. The number of fused-ring (bicyclic) bond motifs is 1. The van der Waals surface area contributed by atoms with Crippen molar-refractivity contribution in [3.63, 3.8) is 0 Å². The van der Waals surface area contributed by atoms with Gasteiger partial charge in [-0.3, -0.25) is 14.8 Å². The molecule has 0 bridgehead atoms. The summed E-state index contributed by atoms with van der Waals surface area (Å²) in [7, 11) is 0. The van der Waals surface area contributed by atoms with Crippen molar-refractivity contribution in [2.75, 3.05) is 6.61 Å². The van der Waals surface area contributed by atoms with Crippen molar-refractivity contribution in [2.45, 2.75) is 26.3 Å². The molecule has 0 aliphatic carbocycles. The number of rotatable bonds is 6. The van der Waals surface area contributed by atoms with Crippen molar-refractivity contribution >= 4 is 10.9 Å². The van der Waals surface area contributed by atoms with Gasteiger partial charge in [0.05, 0.1) is 42.3 Å². The number of pyridine rings is 1. The van der Waals surface area contributed by atoms with E-state index in [9.17, 15) is 8.78 Å². The molecule has 0 atom stereocenters. The van der Waals surface area contributed by atoms with E-state index in [1.165, 1.54) is 18.3 Å². The summed E-state index contributed by atoms with van der Waals surface area (Å²) < 4.78 is 30.8. The highest BCUT2D eigenvalue weighted by atomic mass is 19.1. The Kier molecular flexibility index (Phi) is 4.87.